The molecule has 0 aliphatic carbocycles. The monoisotopic (exact) mass is 249 g/mol. The van der Waals surface area contributed by atoms with Crippen molar-refractivity contribution in [3.63, 3.8) is 0 Å². The molecule has 16 heavy (non-hydrogen) atoms. The Morgan fingerprint density at radius 2 is 2.00 bits per heavy atom. The number of carbonyl (C=O) groups is 1. The number of Topliss-reactive ketones (excluding diaryl/α,β-unsaturated/α-hetero) is 1. The summed E-state index contributed by atoms with van der Waals surface area (Å²) in [6.45, 7) is 1.64. The van der Waals surface area contributed by atoms with Gasteiger partial charge in [-0.1, -0.05) is 6.92 Å². The topological polar surface area (TPSA) is 43.1 Å². The van der Waals surface area contributed by atoms with Gasteiger partial charge in [0, 0.05) is 22.6 Å². The van der Waals surface area contributed by atoms with Crippen molar-refractivity contribution in [2.75, 3.05) is 5.73 Å². The van der Waals surface area contributed by atoms with Gasteiger partial charge in [0.1, 0.15) is 0 Å². The Labute approximate surface area is 95.0 Å². The van der Waals surface area contributed by atoms with E-state index in [4.69, 9.17) is 5.73 Å². The van der Waals surface area contributed by atoms with Gasteiger partial charge in [0.15, 0.2) is 5.78 Å². The molecule has 0 spiro atoms. The molecule has 0 atom stereocenters. The first-order valence-electron chi connectivity index (χ1n) is 4.51. The van der Waals surface area contributed by atoms with Crippen molar-refractivity contribution in [3.05, 3.63) is 23.8 Å². The second-order valence-electron chi connectivity index (χ2n) is 3.12. The van der Waals surface area contributed by atoms with E-state index >= 15 is 0 Å². The van der Waals surface area contributed by atoms with Gasteiger partial charge >= 0.3 is 5.51 Å². The van der Waals surface area contributed by atoms with Crippen LogP contribution in [-0.4, -0.2) is 11.3 Å². The lowest BCUT2D eigenvalue weighted by Gasteiger charge is -2.08. The fourth-order valence-corrected chi connectivity index (χ4v) is 1.83. The van der Waals surface area contributed by atoms with Crippen LogP contribution in [0.3, 0.4) is 0 Å². The Bertz CT molecular complexity index is 404. The van der Waals surface area contributed by atoms with Crippen LogP contribution < -0.4 is 5.73 Å². The average molecular weight is 249 g/mol. The second-order valence-corrected chi connectivity index (χ2v) is 4.25. The predicted molar refractivity (Wildman–Crippen MR) is 57.4 cm³/mol. The Morgan fingerprint density at radius 3 is 2.50 bits per heavy atom. The Balaban J connectivity index is 3.03. The maximum atomic E-state index is 12.1. The third kappa shape index (κ3) is 3.77. The van der Waals surface area contributed by atoms with Gasteiger partial charge in [0.05, 0.1) is 0 Å². The number of nitrogen functional groups attached to an aromatic ring is 1. The minimum absolute atomic E-state index is 0.0655. The fourth-order valence-electron chi connectivity index (χ4n) is 1.18. The Morgan fingerprint density at radius 1 is 1.38 bits per heavy atom. The van der Waals surface area contributed by atoms with E-state index in [-0.39, 0.29) is 40.1 Å². The molecule has 1 rings (SSSR count). The summed E-state index contributed by atoms with van der Waals surface area (Å²) in [6.07, 6.45) is 0.236. The van der Waals surface area contributed by atoms with E-state index in [1.54, 1.807) is 6.92 Å². The summed E-state index contributed by atoms with van der Waals surface area (Å²) in [6, 6.07) is 3.79. The van der Waals surface area contributed by atoms with E-state index in [9.17, 15) is 18.0 Å². The number of ketones is 1. The number of hydrogen-bond donors (Lipinski definition) is 1. The van der Waals surface area contributed by atoms with Crippen molar-refractivity contribution in [3.8, 4) is 0 Å². The lowest BCUT2D eigenvalue weighted by atomic mass is 10.1. The standard InChI is InChI=1S/C10H10F3NOS/c1-2-9(15)6-3-7(14)5-8(4-6)16-10(11,12)13/h3-5H,2,14H2,1H3. The maximum absolute atomic E-state index is 12.1. The second kappa shape index (κ2) is 4.78. The zero-order valence-corrected chi connectivity index (χ0v) is 9.28. The first-order valence-corrected chi connectivity index (χ1v) is 5.33. The Kier molecular flexibility index (Phi) is 3.85. The van der Waals surface area contributed by atoms with Gasteiger partial charge in [0.2, 0.25) is 0 Å². The lowest BCUT2D eigenvalue weighted by Crippen LogP contribution is -2.02. The molecule has 0 aromatic heterocycles. The molecular weight excluding hydrogens is 239 g/mol. The first-order chi connectivity index (χ1) is 7.31. The number of thioether (sulfide) groups is 1. The summed E-state index contributed by atoms with van der Waals surface area (Å²) in [7, 11) is 0. The van der Waals surface area contributed by atoms with Gasteiger partial charge in [-0.2, -0.15) is 13.2 Å². The highest BCUT2D eigenvalue weighted by Crippen LogP contribution is 2.37. The van der Waals surface area contributed by atoms with Gasteiger partial charge < -0.3 is 5.73 Å². The van der Waals surface area contributed by atoms with Gasteiger partial charge in [0.25, 0.3) is 0 Å². The summed E-state index contributed by atoms with van der Waals surface area (Å²) in [5.41, 5.74) is 1.44. The van der Waals surface area contributed by atoms with Crippen molar-refractivity contribution in [1.29, 1.82) is 0 Å². The molecule has 1 aromatic carbocycles. The van der Waals surface area contributed by atoms with Crippen molar-refractivity contribution in [1.82, 2.24) is 0 Å². The largest absolute Gasteiger partial charge is 0.446 e. The van der Waals surface area contributed by atoms with Crippen LogP contribution in [0.15, 0.2) is 23.1 Å². The van der Waals surface area contributed by atoms with E-state index in [0.29, 0.717) is 0 Å². The molecule has 0 heterocycles. The van der Waals surface area contributed by atoms with Crippen LogP contribution in [0.4, 0.5) is 18.9 Å². The molecule has 0 radical (unpaired) electrons. The fraction of sp³-hybridized carbons (Fsp3) is 0.300. The summed E-state index contributed by atoms with van der Waals surface area (Å²) in [4.78, 5) is 11.3. The summed E-state index contributed by atoms with van der Waals surface area (Å²) in [5.74, 6) is -0.226. The van der Waals surface area contributed by atoms with Crippen molar-refractivity contribution in [2.24, 2.45) is 0 Å². The number of carbonyl (C=O) groups excluding carboxylic acids is 1. The van der Waals surface area contributed by atoms with Crippen molar-refractivity contribution >= 4 is 23.2 Å². The smallest absolute Gasteiger partial charge is 0.399 e. The van der Waals surface area contributed by atoms with Crippen LogP contribution in [0.2, 0.25) is 0 Å². The molecule has 88 valence electrons. The number of rotatable bonds is 3. The molecule has 0 fully saturated rings. The molecule has 0 aliphatic heterocycles. The normalized spacial score (nSPS) is 11.5. The number of benzene rings is 1. The van der Waals surface area contributed by atoms with Crippen LogP contribution in [0, 0.1) is 0 Å². The Hall–Kier alpha value is -1.17. The SMILES string of the molecule is CCC(=O)c1cc(N)cc(SC(F)(F)F)c1. The summed E-state index contributed by atoms with van der Waals surface area (Å²) in [5, 5.41) is 0. The minimum Gasteiger partial charge on any atom is -0.399 e. The van der Waals surface area contributed by atoms with Gasteiger partial charge in [-0.15, -0.1) is 0 Å². The minimum atomic E-state index is -4.37. The first kappa shape index (κ1) is 12.9. The summed E-state index contributed by atoms with van der Waals surface area (Å²) < 4.78 is 36.4. The van der Waals surface area contributed by atoms with E-state index in [2.05, 4.69) is 0 Å². The highest BCUT2D eigenvalue weighted by Gasteiger charge is 2.29. The molecule has 0 bridgehead atoms. The number of nitrogens with two attached hydrogens (primary N) is 1. The average Bonchev–Trinajstić information content (AvgIpc) is 2.12. The molecule has 6 heteroatoms. The third-order valence-corrected chi connectivity index (χ3v) is 2.51. The van der Waals surface area contributed by atoms with Crippen molar-refractivity contribution in [2.45, 2.75) is 23.7 Å². The number of anilines is 1. The molecule has 0 saturated carbocycles. The van der Waals surface area contributed by atoms with Gasteiger partial charge in [-0.25, -0.2) is 0 Å². The van der Waals surface area contributed by atoms with Crippen LogP contribution in [-0.2, 0) is 0 Å². The van der Waals surface area contributed by atoms with E-state index in [1.807, 2.05) is 0 Å². The molecular formula is C10H10F3NOS. The number of hydrogen-bond acceptors (Lipinski definition) is 3. The highest BCUT2D eigenvalue weighted by atomic mass is 32.2. The molecule has 0 saturated heterocycles. The lowest BCUT2D eigenvalue weighted by molar-refractivity contribution is -0.0328. The van der Waals surface area contributed by atoms with Crippen LogP contribution in [0.1, 0.15) is 23.7 Å². The summed E-state index contributed by atoms with van der Waals surface area (Å²) >= 11 is -0.275. The zero-order valence-electron chi connectivity index (χ0n) is 8.47. The maximum Gasteiger partial charge on any atom is 0.446 e. The van der Waals surface area contributed by atoms with Crippen LogP contribution in [0.5, 0.6) is 0 Å². The molecule has 2 nitrogen and oxygen atoms in total. The van der Waals surface area contributed by atoms with Crippen molar-refractivity contribution < 1.29 is 18.0 Å². The van der Waals surface area contributed by atoms with E-state index in [1.165, 1.54) is 18.2 Å². The van der Waals surface area contributed by atoms with Gasteiger partial charge in [-0.05, 0) is 30.0 Å². The zero-order chi connectivity index (χ0) is 12.3. The quantitative estimate of drug-likeness (QED) is 0.506. The predicted octanol–water partition coefficient (Wildman–Crippen LogP) is 3.47. The van der Waals surface area contributed by atoms with Crippen LogP contribution in [0.25, 0.3) is 0 Å². The number of halogens is 3. The molecule has 0 amide bonds. The van der Waals surface area contributed by atoms with Crippen LogP contribution >= 0.6 is 11.8 Å². The van der Waals surface area contributed by atoms with E-state index in [0.717, 1.165) is 0 Å². The molecule has 1 aromatic rings. The van der Waals surface area contributed by atoms with E-state index < -0.39 is 5.51 Å². The number of alkyl halides is 3. The molecule has 0 aliphatic rings. The highest BCUT2D eigenvalue weighted by molar-refractivity contribution is 8.00. The third-order valence-electron chi connectivity index (χ3n) is 1.81. The molecule has 2 N–H and O–H groups in total. The van der Waals surface area contributed by atoms with Gasteiger partial charge in [-0.3, -0.25) is 4.79 Å². The molecule has 0 unspecified atom stereocenters.